The number of carbonyl (C=O) groups is 2. The molecule has 1 heterocycles. The molecule has 2 saturated carbocycles. The third kappa shape index (κ3) is 2.69. The predicted molar refractivity (Wildman–Crippen MR) is 80.3 cm³/mol. The van der Waals surface area contributed by atoms with Crippen molar-refractivity contribution >= 4 is 23.6 Å². The second-order valence-electron chi connectivity index (χ2n) is 6.52. The van der Waals surface area contributed by atoms with Crippen molar-refractivity contribution < 1.29 is 9.59 Å². The Kier molecular flexibility index (Phi) is 3.98. The molecule has 0 bridgehead atoms. The summed E-state index contributed by atoms with van der Waals surface area (Å²) in [6.07, 6.45) is 6.77. The number of amides is 2. The molecule has 3 rings (SSSR count). The number of hydrogen-bond donors (Lipinski definition) is 1. The van der Waals surface area contributed by atoms with Crippen LogP contribution in [0.3, 0.4) is 0 Å². The van der Waals surface area contributed by atoms with Gasteiger partial charge in [0, 0.05) is 18.2 Å². The molecule has 1 saturated heterocycles. The van der Waals surface area contributed by atoms with Crippen LogP contribution < -0.4 is 5.32 Å². The summed E-state index contributed by atoms with van der Waals surface area (Å²) in [5.41, 5.74) is 0.365. The molecule has 1 aliphatic heterocycles. The van der Waals surface area contributed by atoms with Gasteiger partial charge in [-0.3, -0.25) is 9.59 Å². The van der Waals surface area contributed by atoms with Gasteiger partial charge >= 0.3 is 0 Å². The largest absolute Gasteiger partial charge is 0.354 e. The monoisotopic (exact) mass is 296 g/mol. The summed E-state index contributed by atoms with van der Waals surface area (Å²) in [6, 6.07) is -0.235. The van der Waals surface area contributed by atoms with Crippen LogP contribution in [-0.4, -0.2) is 40.9 Å². The van der Waals surface area contributed by atoms with Gasteiger partial charge in [0.1, 0.15) is 6.04 Å². The summed E-state index contributed by atoms with van der Waals surface area (Å²) < 4.78 is 0. The van der Waals surface area contributed by atoms with Crippen molar-refractivity contribution in [2.24, 2.45) is 11.3 Å². The fraction of sp³-hybridized carbons (Fsp3) is 0.867. The van der Waals surface area contributed by atoms with Gasteiger partial charge in [-0.05, 0) is 37.5 Å². The maximum absolute atomic E-state index is 12.4. The lowest BCUT2D eigenvalue weighted by Gasteiger charge is -2.31. The molecule has 0 unspecified atom stereocenters. The Morgan fingerprint density at radius 1 is 1.35 bits per heavy atom. The van der Waals surface area contributed by atoms with Crippen LogP contribution in [0.5, 0.6) is 0 Å². The molecule has 3 aliphatic rings. The van der Waals surface area contributed by atoms with Crippen molar-refractivity contribution in [1.29, 1.82) is 0 Å². The highest BCUT2D eigenvalue weighted by Crippen LogP contribution is 2.47. The first-order valence-corrected chi connectivity index (χ1v) is 8.97. The van der Waals surface area contributed by atoms with Gasteiger partial charge in [0.15, 0.2) is 0 Å². The highest BCUT2D eigenvalue weighted by atomic mass is 32.2. The van der Waals surface area contributed by atoms with Gasteiger partial charge in [0.05, 0.1) is 5.88 Å². The Labute approximate surface area is 125 Å². The van der Waals surface area contributed by atoms with Gasteiger partial charge in [-0.1, -0.05) is 13.3 Å². The minimum absolute atomic E-state index is 0.0578. The van der Waals surface area contributed by atoms with E-state index in [9.17, 15) is 9.59 Å². The van der Waals surface area contributed by atoms with E-state index >= 15 is 0 Å². The predicted octanol–water partition coefficient (Wildman–Crippen LogP) is 1.99. The Morgan fingerprint density at radius 3 is 2.65 bits per heavy atom. The molecule has 0 spiro atoms. The quantitative estimate of drug-likeness (QED) is 0.844. The third-order valence-electron chi connectivity index (χ3n) is 5.27. The number of thioether (sulfide) groups is 1. The van der Waals surface area contributed by atoms with Crippen LogP contribution in [0.25, 0.3) is 0 Å². The van der Waals surface area contributed by atoms with E-state index in [0.717, 1.165) is 38.0 Å². The van der Waals surface area contributed by atoms with E-state index in [-0.39, 0.29) is 23.8 Å². The first-order chi connectivity index (χ1) is 9.65. The van der Waals surface area contributed by atoms with E-state index in [1.807, 2.05) is 4.90 Å². The summed E-state index contributed by atoms with van der Waals surface area (Å²) >= 11 is 1.70. The van der Waals surface area contributed by atoms with Crippen LogP contribution in [0, 0.1) is 11.3 Å². The Balaban J connectivity index is 1.54. The zero-order chi connectivity index (χ0) is 14.2. The molecule has 0 radical (unpaired) electrons. The van der Waals surface area contributed by atoms with E-state index in [2.05, 4.69) is 12.2 Å². The van der Waals surface area contributed by atoms with E-state index in [1.54, 1.807) is 11.8 Å². The molecule has 1 atom stereocenters. The topological polar surface area (TPSA) is 49.4 Å². The summed E-state index contributed by atoms with van der Waals surface area (Å²) in [5.74, 6) is 1.89. The highest BCUT2D eigenvalue weighted by Gasteiger charge is 2.43. The Bertz CT molecular complexity index is 405. The highest BCUT2D eigenvalue weighted by molar-refractivity contribution is 7.99. The smallest absolute Gasteiger partial charge is 0.243 e. The normalized spacial score (nSPS) is 28.1. The molecule has 2 aliphatic carbocycles. The maximum atomic E-state index is 12.4. The van der Waals surface area contributed by atoms with Gasteiger partial charge in [-0.25, -0.2) is 0 Å². The van der Waals surface area contributed by atoms with E-state index in [0.29, 0.717) is 11.3 Å². The van der Waals surface area contributed by atoms with Gasteiger partial charge in [0.2, 0.25) is 11.8 Å². The van der Waals surface area contributed by atoms with Crippen molar-refractivity contribution in [3.63, 3.8) is 0 Å². The molecule has 20 heavy (non-hydrogen) atoms. The number of rotatable bonds is 5. The van der Waals surface area contributed by atoms with Crippen molar-refractivity contribution in [3.8, 4) is 0 Å². The standard InChI is InChI=1S/C15H24N2O2S/c1-2-15(6-7-15)9-16-13(18)12-8-20-10-17(12)14(19)11-4-3-5-11/h11-12H,2-10H2,1H3,(H,16,18)/t12-/m0/s1. The molecule has 0 aromatic rings. The zero-order valence-corrected chi connectivity index (χ0v) is 13.0. The molecule has 4 nitrogen and oxygen atoms in total. The SMILES string of the molecule is CCC1(CNC(=O)[C@@H]2CSCN2C(=O)C2CCC2)CC1. The number of carbonyl (C=O) groups excluding carboxylic acids is 2. The third-order valence-corrected chi connectivity index (χ3v) is 6.28. The van der Waals surface area contributed by atoms with E-state index in [4.69, 9.17) is 0 Å². The first-order valence-electron chi connectivity index (χ1n) is 7.81. The second kappa shape index (κ2) is 5.58. The fourth-order valence-electron chi connectivity index (χ4n) is 2.99. The van der Waals surface area contributed by atoms with Gasteiger partial charge in [0.25, 0.3) is 0 Å². The van der Waals surface area contributed by atoms with Crippen LogP contribution in [0.4, 0.5) is 0 Å². The molecule has 1 N–H and O–H groups in total. The van der Waals surface area contributed by atoms with Crippen LogP contribution in [0.2, 0.25) is 0 Å². The maximum Gasteiger partial charge on any atom is 0.243 e. The number of nitrogens with zero attached hydrogens (tertiary/aromatic N) is 1. The van der Waals surface area contributed by atoms with Gasteiger partial charge < -0.3 is 10.2 Å². The lowest BCUT2D eigenvalue weighted by Crippen LogP contribution is -2.50. The van der Waals surface area contributed by atoms with E-state index < -0.39 is 0 Å². The number of nitrogens with one attached hydrogen (secondary N) is 1. The van der Waals surface area contributed by atoms with Crippen LogP contribution >= 0.6 is 11.8 Å². The summed E-state index contributed by atoms with van der Waals surface area (Å²) in [5, 5.41) is 3.09. The molecule has 2 amide bonds. The average molecular weight is 296 g/mol. The lowest BCUT2D eigenvalue weighted by molar-refractivity contribution is -0.143. The van der Waals surface area contributed by atoms with E-state index in [1.165, 1.54) is 12.8 Å². The Morgan fingerprint density at radius 2 is 2.10 bits per heavy atom. The summed E-state index contributed by atoms with van der Waals surface area (Å²) in [4.78, 5) is 26.5. The zero-order valence-electron chi connectivity index (χ0n) is 12.2. The molecule has 112 valence electrons. The molecule has 3 fully saturated rings. The minimum Gasteiger partial charge on any atom is -0.354 e. The number of hydrogen-bond acceptors (Lipinski definition) is 3. The molecular weight excluding hydrogens is 272 g/mol. The summed E-state index contributed by atoms with van der Waals surface area (Å²) in [6.45, 7) is 2.98. The summed E-state index contributed by atoms with van der Waals surface area (Å²) in [7, 11) is 0. The molecule has 0 aromatic heterocycles. The van der Waals surface area contributed by atoms with Crippen molar-refractivity contribution in [3.05, 3.63) is 0 Å². The van der Waals surface area contributed by atoms with Gasteiger partial charge in [-0.15, -0.1) is 11.8 Å². The average Bonchev–Trinajstić information content (AvgIpc) is 3.00. The van der Waals surface area contributed by atoms with Crippen LogP contribution in [0.15, 0.2) is 0 Å². The minimum atomic E-state index is -0.235. The van der Waals surface area contributed by atoms with Crippen molar-refractivity contribution in [2.75, 3.05) is 18.2 Å². The first kappa shape index (κ1) is 14.2. The van der Waals surface area contributed by atoms with Crippen LogP contribution in [-0.2, 0) is 9.59 Å². The molecule has 0 aromatic carbocycles. The van der Waals surface area contributed by atoms with Crippen molar-refractivity contribution in [1.82, 2.24) is 10.2 Å². The Hall–Kier alpha value is -0.710. The molecular formula is C15H24N2O2S. The lowest BCUT2D eigenvalue weighted by atomic mass is 9.84. The molecule has 5 heteroatoms. The fourth-order valence-corrected chi connectivity index (χ4v) is 4.16. The second-order valence-corrected chi connectivity index (χ2v) is 7.52. The van der Waals surface area contributed by atoms with Crippen molar-refractivity contribution in [2.45, 2.75) is 51.5 Å². The van der Waals surface area contributed by atoms with Gasteiger partial charge in [-0.2, -0.15) is 0 Å². The van der Waals surface area contributed by atoms with Crippen LogP contribution in [0.1, 0.15) is 45.4 Å².